The van der Waals surface area contributed by atoms with Crippen molar-refractivity contribution >= 4 is 19.8 Å². The number of quaternary nitrogens is 1. The summed E-state index contributed by atoms with van der Waals surface area (Å²) in [6, 6.07) is 0. The van der Waals surface area contributed by atoms with E-state index >= 15 is 0 Å². The molecule has 9 nitrogen and oxygen atoms in total. The van der Waals surface area contributed by atoms with Crippen molar-refractivity contribution in [2.45, 2.75) is 180 Å². The Hall–Kier alpha value is -3.85. The summed E-state index contributed by atoms with van der Waals surface area (Å²) in [5, 5.41) is 0. The first-order chi connectivity index (χ1) is 33.5. The number of nitrogens with zero attached hydrogens (tertiary/aromatic N) is 1. The molecule has 1 N–H and O–H groups in total. The number of phosphoric acid groups is 1. The number of ether oxygens (including phenoxy) is 2. The molecule has 0 saturated heterocycles. The molecule has 390 valence electrons. The molecule has 0 radical (unpaired) electrons. The number of rotatable bonds is 46. The molecular formula is C59H97NO8P+. The topological polar surface area (TPSA) is 108 Å². The number of carbonyl (C=O) groups excluding carboxylic acids is 2. The largest absolute Gasteiger partial charge is 0.472 e. The predicted molar refractivity (Wildman–Crippen MR) is 293 cm³/mol. The predicted octanol–water partition coefficient (Wildman–Crippen LogP) is 16.2. The number of unbranched alkanes of at least 4 members (excludes halogenated alkanes) is 10. The van der Waals surface area contributed by atoms with Crippen LogP contribution >= 0.6 is 7.82 Å². The van der Waals surface area contributed by atoms with Gasteiger partial charge in [0.15, 0.2) is 6.10 Å². The van der Waals surface area contributed by atoms with Gasteiger partial charge in [0.05, 0.1) is 27.7 Å². The minimum atomic E-state index is -4.40. The number of carbonyl (C=O) groups is 2. The maximum Gasteiger partial charge on any atom is 0.472 e. The SMILES string of the molecule is CC/C=C\C/C=C\C/C=C\C/C=C\C/C=C\C/C=C\C/C=C\C/C=C\C/C=C\C/C=C\CCCCC(=O)OC(COC(=O)CCCCCCC/C=C\CCCCC)COP(=O)(O)OCC[N+](C)(C)C. The summed E-state index contributed by atoms with van der Waals surface area (Å²) in [4.78, 5) is 35.5. The van der Waals surface area contributed by atoms with Gasteiger partial charge in [-0.2, -0.15) is 0 Å². The lowest BCUT2D eigenvalue weighted by Crippen LogP contribution is -2.37. The van der Waals surface area contributed by atoms with E-state index < -0.39 is 32.5 Å². The first kappa shape index (κ1) is 65.1. The molecule has 0 amide bonds. The zero-order valence-electron chi connectivity index (χ0n) is 44.0. The van der Waals surface area contributed by atoms with E-state index in [9.17, 15) is 19.0 Å². The van der Waals surface area contributed by atoms with E-state index in [4.69, 9.17) is 18.5 Å². The Morgan fingerprint density at radius 1 is 0.464 bits per heavy atom. The number of esters is 2. The average Bonchev–Trinajstić information content (AvgIpc) is 3.31. The summed E-state index contributed by atoms with van der Waals surface area (Å²) in [7, 11) is 1.42. The molecule has 0 aromatic heterocycles. The number of likely N-dealkylation sites (N-methyl/N-ethyl adjacent to an activating group) is 1. The van der Waals surface area contributed by atoms with Crippen molar-refractivity contribution in [1.82, 2.24) is 0 Å². The van der Waals surface area contributed by atoms with Crippen LogP contribution in [-0.4, -0.2) is 74.9 Å². The maximum atomic E-state index is 12.7. The van der Waals surface area contributed by atoms with Crippen LogP contribution in [0.4, 0.5) is 0 Å². The molecule has 0 spiro atoms. The van der Waals surface area contributed by atoms with E-state index in [0.717, 1.165) is 116 Å². The van der Waals surface area contributed by atoms with Gasteiger partial charge in [0.1, 0.15) is 19.8 Å². The number of hydrogen-bond donors (Lipinski definition) is 1. The second-order valence-electron chi connectivity index (χ2n) is 18.2. The monoisotopic (exact) mass is 979 g/mol. The molecule has 0 saturated carbocycles. The fraction of sp³-hybridized carbons (Fsp3) is 0.593. The van der Waals surface area contributed by atoms with Gasteiger partial charge in [0.25, 0.3) is 0 Å². The van der Waals surface area contributed by atoms with E-state index in [1.54, 1.807) is 0 Å². The van der Waals surface area contributed by atoms with Crippen LogP contribution in [-0.2, 0) is 32.7 Å². The summed E-state index contributed by atoms with van der Waals surface area (Å²) in [5.74, 6) is -0.874. The molecule has 10 heteroatoms. The Morgan fingerprint density at radius 2 is 0.826 bits per heavy atom. The standard InChI is InChI=1S/C59H96NO8P/c1-6-8-10-12-14-16-18-20-21-22-23-24-25-26-27-28-29-30-31-32-33-34-35-36-37-38-39-40-42-44-46-48-50-52-59(62)68-57(56-67-69(63,64)66-54-53-60(3,4)5)55-65-58(61)51-49-47-45-43-41-19-17-15-13-11-9-7-2/h8,10,14-17,20-21,23-24,26-27,29-30,32-33,35-36,38-39,42,44,57H,6-7,9,11-13,18-19,22,25,28,31,34,37,40-41,43,45-56H2,1-5H3/p+1/b10-8-,16-14-,17-15-,21-20-,24-23-,27-26-,30-29-,33-32-,36-35-,39-38-,44-42-. The van der Waals surface area contributed by atoms with Crippen LogP contribution in [0.2, 0.25) is 0 Å². The molecule has 0 aliphatic rings. The molecule has 0 aromatic rings. The number of allylic oxidation sites excluding steroid dienone is 22. The van der Waals surface area contributed by atoms with Crippen LogP contribution in [0, 0.1) is 0 Å². The molecule has 0 aromatic carbocycles. The highest BCUT2D eigenvalue weighted by atomic mass is 31.2. The van der Waals surface area contributed by atoms with Crippen molar-refractivity contribution in [1.29, 1.82) is 0 Å². The van der Waals surface area contributed by atoms with Gasteiger partial charge in [-0.05, 0) is 116 Å². The van der Waals surface area contributed by atoms with Gasteiger partial charge < -0.3 is 18.9 Å². The molecule has 0 bridgehead atoms. The molecule has 69 heavy (non-hydrogen) atoms. The molecular weight excluding hydrogens is 882 g/mol. The van der Waals surface area contributed by atoms with E-state index in [2.05, 4.69) is 148 Å². The van der Waals surface area contributed by atoms with Crippen molar-refractivity contribution < 1.29 is 42.1 Å². The summed E-state index contributed by atoms with van der Waals surface area (Å²) >= 11 is 0. The minimum absolute atomic E-state index is 0.0142. The highest BCUT2D eigenvalue weighted by Gasteiger charge is 2.27. The molecule has 0 rings (SSSR count). The summed E-state index contributed by atoms with van der Waals surface area (Å²) in [6.45, 7) is 4.19. The van der Waals surface area contributed by atoms with Crippen molar-refractivity contribution in [3.05, 3.63) is 134 Å². The Morgan fingerprint density at radius 3 is 1.28 bits per heavy atom. The van der Waals surface area contributed by atoms with Crippen LogP contribution in [0.25, 0.3) is 0 Å². The maximum absolute atomic E-state index is 12.7. The van der Waals surface area contributed by atoms with Crippen molar-refractivity contribution in [2.75, 3.05) is 47.5 Å². The Kier molecular flexibility index (Phi) is 46.4. The third-order valence-electron chi connectivity index (χ3n) is 10.4. The van der Waals surface area contributed by atoms with E-state index in [0.29, 0.717) is 23.9 Å². The van der Waals surface area contributed by atoms with Crippen molar-refractivity contribution in [3.8, 4) is 0 Å². The van der Waals surface area contributed by atoms with E-state index in [-0.39, 0.29) is 26.1 Å². The second-order valence-corrected chi connectivity index (χ2v) is 19.6. The first-order valence-corrected chi connectivity index (χ1v) is 27.9. The highest BCUT2D eigenvalue weighted by molar-refractivity contribution is 7.47. The van der Waals surface area contributed by atoms with Gasteiger partial charge in [-0.15, -0.1) is 0 Å². The van der Waals surface area contributed by atoms with E-state index in [1.807, 2.05) is 21.1 Å². The lowest BCUT2D eigenvalue weighted by molar-refractivity contribution is -0.870. The third-order valence-corrected chi connectivity index (χ3v) is 11.4. The Balaban J connectivity index is 4.31. The third kappa shape index (κ3) is 53.4. The lowest BCUT2D eigenvalue weighted by Gasteiger charge is -2.24. The molecule has 2 atom stereocenters. The van der Waals surface area contributed by atoms with E-state index in [1.165, 1.54) is 19.3 Å². The number of hydrogen-bond acceptors (Lipinski definition) is 7. The van der Waals surface area contributed by atoms with Gasteiger partial charge in [-0.3, -0.25) is 18.6 Å². The second kappa shape index (κ2) is 49.1. The van der Waals surface area contributed by atoms with Gasteiger partial charge in [-0.1, -0.05) is 180 Å². The Labute approximate surface area is 421 Å². The van der Waals surface area contributed by atoms with Crippen LogP contribution in [0.3, 0.4) is 0 Å². The molecule has 0 aliphatic heterocycles. The number of phosphoric ester groups is 1. The van der Waals surface area contributed by atoms with Crippen LogP contribution in [0.15, 0.2) is 134 Å². The van der Waals surface area contributed by atoms with Gasteiger partial charge in [-0.25, -0.2) is 4.57 Å². The van der Waals surface area contributed by atoms with Gasteiger partial charge in [0, 0.05) is 12.8 Å². The lowest BCUT2D eigenvalue weighted by atomic mass is 10.1. The summed E-state index contributed by atoms with van der Waals surface area (Å²) in [6.07, 6.45) is 71.0. The average molecular weight is 979 g/mol. The smallest absolute Gasteiger partial charge is 0.462 e. The van der Waals surface area contributed by atoms with Crippen LogP contribution < -0.4 is 0 Å². The van der Waals surface area contributed by atoms with Crippen molar-refractivity contribution in [2.24, 2.45) is 0 Å². The summed E-state index contributed by atoms with van der Waals surface area (Å²) < 4.78 is 34.3. The Bertz CT molecular complexity index is 1620. The zero-order chi connectivity index (χ0) is 50.6. The first-order valence-electron chi connectivity index (χ1n) is 26.4. The highest BCUT2D eigenvalue weighted by Crippen LogP contribution is 2.43. The van der Waals surface area contributed by atoms with Crippen LogP contribution in [0.1, 0.15) is 174 Å². The fourth-order valence-electron chi connectivity index (χ4n) is 6.33. The molecule has 0 heterocycles. The summed E-state index contributed by atoms with van der Waals surface area (Å²) in [5.41, 5.74) is 0. The minimum Gasteiger partial charge on any atom is -0.462 e. The quantitative estimate of drug-likeness (QED) is 0.0211. The zero-order valence-corrected chi connectivity index (χ0v) is 44.9. The molecule has 2 unspecified atom stereocenters. The normalized spacial score (nSPS) is 14.5. The molecule has 0 aliphatic carbocycles. The van der Waals surface area contributed by atoms with Crippen molar-refractivity contribution in [3.63, 3.8) is 0 Å². The van der Waals surface area contributed by atoms with Gasteiger partial charge in [0.2, 0.25) is 0 Å². The van der Waals surface area contributed by atoms with Crippen LogP contribution in [0.5, 0.6) is 0 Å². The fourth-order valence-corrected chi connectivity index (χ4v) is 7.07. The molecule has 0 fully saturated rings. The van der Waals surface area contributed by atoms with Gasteiger partial charge >= 0.3 is 19.8 Å².